The number of hydrogen-bond donors (Lipinski definition) is 3. The van der Waals surface area contributed by atoms with E-state index in [-0.39, 0.29) is 13.1 Å². The van der Waals surface area contributed by atoms with Gasteiger partial charge in [0.1, 0.15) is 0 Å². The predicted octanol–water partition coefficient (Wildman–Crippen LogP) is -2.01. The first-order chi connectivity index (χ1) is 9.01. The molecule has 1 fully saturated rings. The Labute approximate surface area is 112 Å². The molecule has 0 unspecified atom stereocenters. The summed E-state index contributed by atoms with van der Waals surface area (Å²) in [6.45, 7) is 4.10. The van der Waals surface area contributed by atoms with Crippen molar-refractivity contribution in [3.05, 3.63) is 0 Å². The van der Waals surface area contributed by atoms with E-state index in [1.54, 1.807) is 0 Å². The average Bonchev–Trinajstić information content (AvgIpc) is 2.41. The zero-order valence-electron chi connectivity index (χ0n) is 11.0. The topological polar surface area (TPSA) is 110 Å². The molecule has 1 heterocycles. The van der Waals surface area contributed by atoms with Crippen molar-refractivity contribution >= 4 is 11.9 Å². The SMILES string of the molecule is NCN1CCN(CC(=O)O)CCN(CC(=O)O)CC1. The maximum Gasteiger partial charge on any atom is 0.317 e. The average molecular weight is 274 g/mol. The van der Waals surface area contributed by atoms with Crippen LogP contribution in [0.15, 0.2) is 0 Å². The molecule has 0 aromatic rings. The molecule has 0 aromatic heterocycles. The van der Waals surface area contributed by atoms with Gasteiger partial charge in [0.25, 0.3) is 0 Å². The van der Waals surface area contributed by atoms with Gasteiger partial charge in [0, 0.05) is 45.9 Å². The highest BCUT2D eigenvalue weighted by atomic mass is 16.4. The summed E-state index contributed by atoms with van der Waals surface area (Å²) in [5.41, 5.74) is 5.62. The van der Waals surface area contributed by atoms with E-state index in [1.807, 2.05) is 14.7 Å². The largest absolute Gasteiger partial charge is 0.480 e. The minimum atomic E-state index is -0.872. The summed E-state index contributed by atoms with van der Waals surface area (Å²) >= 11 is 0. The van der Waals surface area contributed by atoms with Gasteiger partial charge in [-0.1, -0.05) is 0 Å². The minimum absolute atomic E-state index is 0.0284. The van der Waals surface area contributed by atoms with Crippen molar-refractivity contribution in [2.75, 3.05) is 59.0 Å². The molecule has 0 atom stereocenters. The van der Waals surface area contributed by atoms with Crippen molar-refractivity contribution in [2.45, 2.75) is 0 Å². The fraction of sp³-hybridized carbons (Fsp3) is 0.818. The maximum atomic E-state index is 10.8. The van der Waals surface area contributed by atoms with E-state index in [9.17, 15) is 9.59 Å². The molecule has 19 heavy (non-hydrogen) atoms. The Morgan fingerprint density at radius 1 is 0.789 bits per heavy atom. The van der Waals surface area contributed by atoms with Crippen LogP contribution in [0.25, 0.3) is 0 Å². The lowest BCUT2D eigenvalue weighted by Gasteiger charge is -2.23. The molecule has 0 saturated carbocycles. The molecule has 0 bridgehead atoms. The highest BCUT2D eigenvalue weighted by molar-refractivity contribution is 5.69. The molecule has 1 saturated heterocycles. The predicted molar refractivity (Wildman–Crippen MR) is 68.8 cm³/mol. The molecule has 0 spiro atoms. The van der Waals surface area contributed by atoms with Gasteiger partial charge in [0.05, 0.1) is 13.1 Å². The number of carboxylic acid groups (broad SMARTS) is 2. The van der Waals surface area contributed by atoms with Crippen LogP contribution >= 0.6 is 0 Å². The Bertz CT molecular complexity index is 285. The Hall–Kier alpha value is -1.22. The quantitative estimate of drug-likeness (QED) is 0.527. The third-order valence-electron chi connectivity index (χ3n) is 3.17. The molecule has 0 aromatic carbocycles. The van der Waals surface area contributed by atoms with Crippen LogP contribution in [-0.4, -0.2) is 95.9 Å². The molecule has 4 N–H and O–H groups in total. The van der Waals surface area contributed by atoms with Crippen LogP contribution in [0.5, 0.6) is 0 Å². The number of carboxylic acids is 2. The number of hydrogen-bond acceptors (Lipinski definition) is 6. The van der Waals surface area contributed by atoms with Crippen LogP contribution in [0.2, 0.25) is 0 Å². The highest BCUT2D eigenvalue weighted by Crippen LogP contribution is 1.99. The standard InChI is InChI=1S/C11H22N4O4/c12-9-15-5-3-13(7-10(16)17)1-2-14(4-6-15)8-11(18)19/h1-9,12H2,(H,16,17)(H,18,19). The van der Waals surface area contributed by atoms with Crippen LogP contribution in [-0.2, 0) is 9.59 Å². The number of rotatable bonds is 5. The van der Waals surface area contributed by atoms with E-state index >= 15 is 0 Å². The van der Waals surface area contributed by atoms with Crippen LogP contribution < -0.4 is 5.73 Å². The van der Waals surface area contributed by atoms with Crippen molar-refractivity contribution in [3.63, 3.8) is 0 Å². The van der Waals surface area contributed by atoms with E-state index in [1.165, 1.54) is 0 Å². The second kappa shape index (κ2) is 8.05. The van der Waals surface area contributed by atoms with Crippen LogP contribution in [0.4, 0.5) is 0 Å². The van der Waals surface area contributed by atoms with Gasteiger partial charge < -0.3 is 15.9 Å². The van der Waals surface area contributed by atoms with E-state index in [0.717, 1.165) is 0 Å². The smallest absolute Gasteiger partial charge is 0.317 e. The van der Waals surface area contributed by atoms with Gasteiger partial charge >= 0.3 is 11.9 Å². The first-order valence-corrected chi connectivity index (χ1v) is 6.32. The van der Waals surface area contributed by atoms with E-state index in [4.69, 9.17) is 15.9 Å². The van der Waals surface area contributed by atoms with Gasteiger partial charge in [0.2, 0.25) is 0 Å². The zero-order valence-corrected chi connectivity index (χ0v) is 11.0. The zero-order chi connectivity index (χ0) is 14.3. The fourth-order valence-electron chi connectivity index (χ4n) is 2.07. The number of carbonyl (C=O) groups is 2. The Morgan fingerprint density at radius 2 is 1.11 bits per heavy atom. The molecule has 8 heteroatoms. The van der Waals surface area contributed by atoms with Gasteiger partial charge in [-0.05, 0) is 0 Å². The van der Waals surface area contributed by atoms with Crippen molar-refractivity contribution in [1.82, 2.24) is 14.7 Å². The van der Waals surface area contributed by atoms with Crippen LogP contribution in [0, 0.1) is 0 Å². The van der Waals surface area contributed by atoms with Crippen molar-refractivity contribution in [1.29, 1.82) is 0 Å². The molecule has 110 valence electrons. The number of aliphatic carboxylic acids is 2. The van der Waals surface area contributed by atoms with Crippen LogP contribution in [0.1, 0.15) is 0 Å². The van der Waals surface area contributed by atoms with Crippen molar-refractivity contribution < 1.29 is 19.8 Å². The summed E-state index contributed by atoms with van der Waals surface area (Å²) in [7, 11) is 0. The number of nitrogens with two attached hydrogens (primary N) is 1. The van der Waals surface area contributed by atoms with Gasteiger partial charge in [0.15, 0.2) is 0 Å². The second-order valence-corrected chi connectivity index (χ2v) is 4.64. The molecular weight excluding hydrogens is 252 g/mol. The third kappa shape index (κ3) is 6.48. The van der Waals surface area contributed by atoms with E-state index in [0.29, 0.717) is 45.9 Å². The Balaban J connectivity index is 2.60. The maximum absolute atomic E-state index is 10.8. The van der Waals surface area contributed by atoms with Crippen molar-refractivity contribution in [2.24, 2.45) is 5.73 Å². The summed E-state index contributed by atoms with van der Waals surface area (Å²) in [6, 6.07) is 0. The third-order valence-corrected chi connectivity index (χ3v) is 3.17. The highest BCUT2D eigenvalue weighted by Gasteiger charge is 2.18. The monoisotopic (exact) mass is 274 g/mol. The van der Waals surface area contributed by atoms with E-state index in [2.05, 4.69) is 0 Å². The van der Waals surface area contributed by atoms with Gasteiger partial charge in [-0.15, -0.1) is 0 Å². The lowest BCUT2D eigenvalue weighted by Crippen LogP contribution is -2.40. The molecule has 8 nitrogen and oxygen atoms in total. The molecule has 0 radical (unpaired) electrons. The van der Waals surface area contributed by atoms with Gasteiger partial charge in [-0.3, -0.25) is 24.3 Å². The van der Waals surface area contributed by atoms with Crippen LogP contribution in [0.3, 0.4) is 0 Å². The molecule has 1 aliphatic rings. The first kappa shape index (κ1) is 15.8. The Morgan fingerprint density at radius 3 is 1.37 bits per heavy atom. The summed E-state index contributed by atoms with van der Waals surface area (Å²) in [5, 5.41) is 17.7. The molecule has 0 aliphatic carbocycles. The normalized spacial score (nSPS) is 20.5. The minimum Gasteiger partial charge on any atom is -0.480 e. The van der Waals surface area contributed by atoms with Gasteiger partial charge in [-0.25, -0.2) is 0 Å². The molecule has 1 rings (SSSR count). The lowest BCUT2D eigenvalue weighted by molar-refractivity contribution is -0.140. The first-order valence-electron chi connectivity index (χ1n) is 6.32. The molecule has 1 aliphatic heterocycles. The number of nitrogens with zero attached hydrogens (tertiary/aromatic N) is 3. The summed E-state index contributed by atoms with van der Waals surface area (Å²) < 4.78 is 0. The second-order valence-electron chi connectivity index (χ2n) is 4.64. The summed E-state index contributed by atoms with van der Waals surface area (Å²) in [4.78, 5) is 27.2. The lowest BCUT2D eigenvalue weighted by atomic mass is 10.4. The molecule has 0 amide bonds. The molecular formula is C11H22N4O4. The summed E-state index contributed by atoms with van der Waals surface area (Å²) in [5.74, 6) is -1.74. The van der Waals surface area contributed by atoms with Crippen molar-refractivity contribution in [3.8, 4) is 0 Å². The fourth-order valence-corrected chi connectivity index (χ4v) is 2.07. The summed E-state index contributed by atoms with van der Waals surface area (Å²) in [6.07, 6.45) is 0. The van der Waals surface area contributed by atoms with E-state index < -0.39 is 11.9 Å². The Kier molecular flexibility index (Phi) is 6.71. The van der Waals surface area contributed by atoms with Gasteiger partial charge in [-0.2, -0.15) is 0 Å².